The van der Waals surface area contributed by atoms with Gasteiger partial charge in [-0.25, -0.2) is 4.39 Å². The van der Waals surface area contributed by atoms with Gasteiger partial charge < -0.3 is 14.6 Å². The van der Waals surface area contributed by atoms with Crippen LogP contribution in [0.5, 0.6) is 5.75 Å². The minimum Gasteiger partial charge on any atom is -0.489 e. The van der Waals surface area contributed by atoms with Gasteiger partial charge in [-0.05, 0) is 42.5 Å². The average molecular weight is 484 g/mol. The van der Waals surface area contributed by atoms with Crippen LogP contribution < -0.4 is 4.74 Å². The highest BCUT2D eigenvalue weighted by Gasteiger charge is 2.32. The lowest BCUT2D eigenvalue weighted by atomic mass is 9.98. The van der Waals surface area contributed by atoms with Gasteiger partial charge in [-0.15, -0.1) is 0 Å². The van der Waals surface area contributed by atoms with Crippen LogP contribution in [0.1, 0.15) is 5.56 Å². The maximum atomic E-state index is 14.9. The van der Waals surface area contributed by atoms with Crippen molar-refractivity contribution in [3.8, 4) is 28.1 Å². The zero-order valence-electron chi connectivity index (χ0n) is 18.6. The fraction of sp³-hybridized carbons (Fsp3) is 0.160. The van der Waals surface area contributed by atoms with Gasteiger partial charge in [0.05, 0.1) is 35.0 Å². The molecule has 35 heavy (non-hydrogen) atoms. The SMILES string of the molecule is C=CC(=O)N(C)CCOc1cnccc1-c1[nH]c2cccnc2c1-c1cc(C(F)(F)F)ccc1F. The van der Waals surface area contributed by atoms with Gasteiger partial charge in [0, 0.05) is 36.1 Å². The van der Waals surface area contributed by atoms with Crippen LogP contribution in [-0.2, 0) is 11.0 Å². The first-order valence-electron chi connectivity index (χ1n) is 10.5. The second-order valence-electron chi connectivity index (χ2n) is 7.65. The van der Waals surface area contributed by atoms with E-state index in [1.54, 1.807) is 25.2 Å². The van der Waals surface area contributed by atoms with Crippen LogP contribution >= 0.6 is 0 Å². The summed E-state index contributed by atoms with van der Waals surface area (Å²) in [6.07, 6.45) is 0.937. The van der Waals surface area contributed by atoms with Crippen molar-refractivity contribution in [1.82, 2.24) is 19.9 Å². The summed E-state index contributed by atoms with van der Waals surface area (Å²) in [5.74, 6) is -0.803. The Hall–Kier alpha value is -4.21. The smallest absolute Gasteiger partial charge is 0.416 e. The second kappa shape index (κ2) is 9.57. The number of likely N-dealkylation sites (N-methyl/N-ethyl adjacent to an activating group) is 1. The van der Waals surface area contributed by atoms with Gasteiger partial charge in [0.25, 0.3) is 0 Å². The van der Waals surface area contributed by atoms with Crippen molar-refractivity contribution in [2.75, 3.05) is 20.2 Å². The van der Waals surface area contributed by atoms with Gasteiger partial charge in [0.2, 0.25) is 5.91 Å². The number of amides is 1. The van der Waals surface area contributed by atoms with Gasteiger partial charge in [-0.1, -0.05) is 6.58 Å². The first-order chi connectivity index (χ1) is 16.7. The molecule has 0 aliphatic heterocycles. The number of fused-ring (bicyclic) bond motifs is 1. The van der Waals surface area contributed by atoms with Crippen LogP contribution in [0.2, 0.25) is 0 Å². The number of H-pyrrole nitrogens is 1. The number of nitrogens with one attached hydrogen (secondary N) is 1. The Morgan fingerprint density at radius 3 is 2.74 bits per heavy atom. The highest BCUT2D eigenvalue weighted by atomic mass is 19.4. The number of hydrogen-bond acceptors (Lipinski definition) is 4. The molecule has 0 radical (unpaired) electrons. The normalized spacial score (nSPS) is 11.5. The summed E-state index contributed by atoms with van der Waals surface area (Å²) in [4.78, 5) is 24.6. The highest BCUT2D eigenvalue weighted by Crippen LogP contribution is 2.43. The molecule has 0 atom stereocenters. The number of alkyl halides is 3. The number of benzene rings is 1. The monoisotopic (exact) mass is 484 g/mol. The molecule has 0 aliphatic rings. The van der Waals surface area contributed by atoms with Crippen molar-refractivity contribution in [3.05, 3.63) is 79.0 Å². The van der Waals surface area contributed by atoms with E-state index in [0.29, 0.717) is 34.1 Å². The molecule has 10 heteroatoms. The molecule has 3 aromatic heterocycles. The van der Waals surface area contributed by atoms with E-state index in [4.69, 9.17) is 4.74 Å². The molecule has 4 rings (SSSR count). The predicted octanol–water partition coefficient (Wildman–Crippen LogP) is 5.47. The minimum atomic E-state index is -4.65. The summed E-state index contributed by atoms with van der Waals surface area (Å²) < 4.78 is 61.1. The number of halogens is 4. The molecule has 180 valence electrons. The molecule has 0 unspecified atom stereocenters. The second-order valence-corrected chi connectivity index (χ2v) is 7.65. The molecule has 1 amide bonds. The molecular weight excluding hydrogens is 464 g/mol. The number of carbonyl (C=O) groups excluding carboxylic acids is 1. The van der Waals surface area contributed by atoms with Crippen LogP contribution in [0.15, 0.2) is 67.6 Å². The lowest BCUT2D eigenvalue weighted by molar-refractivity contribution is -0.137. The van der Waals surface area contributed by atoms with Gasteiger partial charge in [0.15, 0.2) is 0 Å². The van der Waals surface area contributed by atoms with Gasteiger partial charge in [-0.2, -0.15) is 13.2 Å². The number of pyridine rings is 2. The number of ether oxygens (including phenoxy) is 1. The van der Waals surface area contributed by atoms with E-state index in [0.717, 1.165) is 12.1 Å². The van der Waals surface area contributed by atoms with Crippen molar-refractivity contribution in [2.24, 2.45) is 0 Å². The Bertz CT molecular complexity index is 1400. The lowest BCUT2D eigenvalue weighted by Gasteiger charge is -2.17. The van der Waals surface area contributed by atoms with Crippen molar-refractivity contribution in [2.45, 2.75) is 6.18 Å². The van der Waals surface area contributed by atoms with Crippen LogP contribution in [0.3, 0.4) is 0 Å². The van der Waals surface area contributed by atoms with Crippen molar-refractivity contribution < 1.29 is 27.1 Å². The molecule has 0 bridgehead atoms. The first-order valence-corrected chi connectivity index (χ1v) is 10.5. The van der Waals surface area contributed by atoms with Crippen LogP contribution in [0.4, 0.5) is 17.6 Å². The topological polar surface area (TPSA) is 71.1 Å². The number of nitrogens with zero attached hydrogens (tertiary/aromatic N) is 3. The maximum Gasteiger partial charge on any atom is 0.416 e. The molecule has 1 N–H and O–H groups in total. The zero-order valence-corrected chi connectivity index (χ0v) is 18.6. The standard InChI is InChI=1S/C25H20F4N4O2/c1-3-21(34)33(2)11-12-35-20-14-30-10-8-16(20)23-22(24-19(32-23)5-4-9-31-24)17-13-15(25(27,28)29)6-7-18(17)26/h3-10,13-14,32H,1,11-12H2,2H3. The zero-order chi connectivity index (χ0) is 25.2. The number of aromatic amines is 1. The third-order valence-electron chi connectivity index (χ3n) is 5.41. The van der Waals surface area contributed by atoms with Crippen molar-refractivity contribution >= 4 is 16.9 Å². The molecular formula is C25H20F4N4O2. The quantitative estimate of drug-likeness (QED) is 0.279. The van der Waals surface area contributed by atoms with E-state index in [1.807, 2.05) is 0 Å². The molecule has 0 saturated carbocycles. The fourth-order valence-electron chi connectivity index (χ4n) is 3.64. The Morgan fingerprint density at radius 2 is 2.00 bits per heavy atom. The minimum absolute atomic E-state index is 0.112. The third kappa shape index (κ3) is 4.86. The number of carbonyl (C=O) groups is 1. The highest BCUT2D eigenvalue weighted by molar-refractivity contribution is 6.02. The largest absolute Gasteiger partial charge is 0.489 e. The van der Waals surface area contributed by atoms with Gasteiger partial charge in [-0.3, -0.25) is 14.8 Å². The molecule has 6 nitrogen and oxygen atoms in total. The van der Waals surface area contributed by atoms with Crippen LogP contribution in [0, 0.1) is 5.82 Å². The van der Waals surface area contributed by atoms with Crippen LogP contribution in [-0.4, -0.2) is 46.0 Å². The molecule has 4 aromatic rings. The molecule has 1 aromatic carbocycles. The summed E-state index contributed by atoms with van der Waals surface area (Å²) in [7, 11) is 1.59. The number of aromatic nitrogens is 3. The van der Waals surface area contributed by atoms with E-state index in [2.05, 4.69) is 21.5 Å². The number of hydrogen-bond donors (Lipinski definition) is 1. The van der Waals surface area contributed by atoms with Crippen molar-refractivity contribution in [1.29, 1.82) is 0 Å². The Kier molecular flexibility index (Phi) is 6.54. The fourth-order valence-corrected chi connectivity index (χ4v) is 3.64. The van der Waals surface area contributed by atoms with Crippen molar-refractivity contribution in [3.63, 3.8) is 0 Å². The van der Waals surface area contributed by atoms with Gasteiger partial charge >= 0.3 is 6.18 Å². The van der Waals surface area contributed by atoms with E-state index in [9.17, 15) is 22.4 Å². The third-order valence-corrected chi connectivity index (χ3v) is 5.41. The lowest BCUT2D eigenvalue weighted by Crippen LogP contribution is -2.29. The van der Waals surface area contributed by atoms with E-state index in [1.165, 1.54) is 29.6 Å². The Morgan fingerprint density at radius 1 is 1.20 bits per heavy atom. The molecule has 0 aliphatic carbocycles. The summed E-state index contributed by atoms with van der Waals surface area (Å²) >= 11 is 0. The van der Waals surface area contributed by atoms with Gasteiger partial charge in [0.1, 0.15) is 18.2 Å². The molecule has 3 heterocycles. The predicted molar refractivity (Wildman–Crippen MR) is 123 cm³/mol. The summed E-state index contributed by atoms with van der Waals surface area (Å²) in [6.45, 7) is 3.80. The van der Waals surface area contributed by atoms with E-state index < -0.39 is 17.6 Å². The Labute approximate surface area is 197 Å². The number of rotatable bonds is 7. The summed E-state index contributed by atoms with van der Waals surface area (Å²) in [6, 6.07) is 7.22. The summed E-state index contributed by atoms with van der Waals surface area (Å²) in [5, 5.41) is 0. The summed E-state index contributed by atoms with van der Waals surface area (Å²) in [5.41, 5.74) is 0.518. The molecule has 0 fully saturated rings. The first kappa shape index (κ1) is 23.9. The Balaban J connectivity index is 1.83. The molecule has 0 saturated heterocycles. The van der Waals surface area contributed by atoms with E-state index in [-0.39, 0.29) is 30.2 Å². The average Bonchev–Trinajstić information content (AvgIpc) is 3.22. The van der Waals surface area contributed by atoms with Crippen LogP contribution in [0.25, 0.3) is 33.4 Å². The molecule has 0 spiro atoms. The maximum absolute atomic E-state index is 14.9. The van der Waals surface area contributed by atoms with E-state index >= 15 is 0 Å².